The van der Waals surface area contributed by atoms with Crippen molar-refractivity contribution in [2.24, 2.45) is 0 Å². The number of halogens is 1. The van der Waals surface area contributed by atoms with Crippen LogP contribution in [-0.2, 0) is 4.79 Å². The summed E-state index contributed by atoms with van der Waals surface area (Å²) in [6.45, 7) is 0. The van der Waals surface area contributed by atoms with Crippen molar-refractivity contribution in [1.29, 1.82) is 0 Å². The average molecular weight is 241 g/mol. The zero-order valence-electron chi connectivity index (χ0n) is 8.16. The maximum atomic E-state index is 11.5. The zero-order valence-corrected chi connectivity index (χ0v) is 8.91. The highest BCUT2D eigenvalue weighted by Gasteiger charge is 2.20. The van der Waals surface area contributed by atoms with E-state index in [2.05, 4.69) is 16.2 Å². The molecular weight excluding hydrogens is 232 g/mol. The molecule has 0 aliphatic rings. The summed E-state index contributed by atoms with van der Waals surface area (Å²) in [5.74, 6) is 0.442. The molecule has 0 aliphatic carbocycles. The first-order valence-corrected chi connectivity index (χ1v) is 4.73. The van der Waals surface area contributed by atoms with Gasteiger partial charge < -0.3 is 15.4 Å². The van der Waals surface area contributed by atoms with Crippen LogP contribution in [0.2, 0.25) is 5.02 Å². The Morgan fingerprint density at radius 1 is 1.69 bits per heavy atom. The van der Waals surface area contributed by atoms with Crippen molar-refractivity contribution in [3.05, 3.63) is 23.0 Å². The summed E-state index contributed by atoms with van der Waals surface area (Å²) in [6.07, 6.45) is 6.34. The molecule has 0 radical (unpaired) electrons. The Morgan fingerprint density at radius 2 is 2.38 bits per heavy atom. The number of hydrogen-bond acceptors (Lipinski definition) is 2. The molecule has 5 nitrogen and oxygen atoms in total. The third-order valence-corrected chi connectivity index (χ3v) is 2.04. The first-order valence-electron chi connectivity index (χ1n) is 4.35. The van der Waals surface area contributed by atoms with Crippen LogP contribution in [0.4, 0.5) is 0 Å². The minimum absolute atomic E-state index is 0.0739. The van der Waals surface area contributed by atoms with Crippen LogP contribution in [0.15, 0.2) is 12.3 Å². The number of aliphatic carboxylic acids is 1. The average Bonchev–Trinajstić information content (AvgIpc) is 2.64. The van der Waals surface area contributed by atoms with Crippen LogP contribution in [-0.4, -0.2) is 28.0 Å². The van der Waals surface area contributed by atoms with Gasteiger partial charge in [-0.1, -0.05) is 11.6 Å². The van der Waals surface area contributed by atoms with Gasteiger partial charge in [-0.15, -0.1) is 12.3 Å². The Kier molecular flexibility index (Phi) is 3.97. The van der Waals surface area contributed by atoms with Gasteiger partial charge in [-0.2, -0.15) is 0 Å². The van der Waals surface area contributed by atoms with E-state index in [0.29, 0.717) is 5.02 Å². The molecule has 1 aromatic heterocycles. The summed E-state index contributed by atoms with van der Waals surface area (Å²) in [6, 6.07) is 0.297. The summed E-state index contributed by atoms with van der Waals surface area (Å²) < 4.78 is 0. The maximum Gasteiger partial charge on any atom is 0.327 e. The van der Waals surface area contributed by atoms with Crippen LogP contribution in [0, 0.1) is 12.3 Å². The number of carbonyl (C=O) groups excluding carboxylic acids is 1. The van der Waals surface area contributed by atoms with Gasteiger partial charge in [0.1, 0.15) is 11.7 Å². The van der Waals surface area contributed by atoms with Gasteiger partial charge in [-0.05, 0) is 6.07 Å². The quantitative estimate of drug-likeness (QED) is 0.683. The summed E-state index contributed by atoms with van der Waals surface area (Å²) in [4.78, 5) is 24.8. The second kappa shape index (κ2) is 5.24. The highest BCUT2D eigenvalue weighted by atomic mass is 35.5. The molecule has 0 saturated heterocycles. The van der Waals surface area contributed by atoms with Gasteiger partial charge in [-0.3, -0.25) is 4.79 Å². The van der Waals surface area contributed by atoms with Gasteiger partial charge in [0.2, 0.25) is 0 Å². The molecule has 0 saturated carbocycles. The van der Waals surface area contributed by atoms with Gasteiger partial charge in [0, 0.05) is 12.6 Å². The number of H-pyrrole nitrogens is 1. The molecule has 3 N–H and O–H groups in total. The van der Waals surface area contributed by atoms with Crippen molar-refractivity contribution in [2.75, 3.05) is 0 Å². The lowest BCUT2D eigenvalue weighted by Gasteiger charge is -2.10. The molecule has 1 rings (SSSR count). The van der Waals surface area contributed by atoms with E-state index in [1.807, 2.05) is 0 Å². The van der Waals surface area contributed by atoms with Crippen LogP contribution < -0.4 is 5.32 Å². The number of carboxylic acids is 1. The molecule has 16 heavy (non-hydrogen) atoms. The molecule has 1 unspecified atom stereocenters. The minimum Gasteiger partial charge on any atom is -0.480 e. The fourth-order valence-electron chi connectivity index (χ4n) is 1.05. The van der Waals surface area contributed by atoms with Crippen molar-refractivity contribution >= 4 is 23.5 Å². The predicted octanol–water partition coefficient (Wildman–Crippen LogP) is 0.874. The van der Waals surface area contributed by atoms with Gasteiger partial charge in [0.15, 0.2) is 0 Å². The molecule has 6 heteroatoms. The second-order valence-corrected chi connectivity index (χ2v) is 3.44. The molecule has 0 fully saturated rings. The normalized spacial score (nSPS) is 11.5. The van der Waals surface area contributed by atoms with Gasteiger partial charge >= 0.3 is 5.97 Å². The Morgan fingerprint density at radius 3 is 2.81 bits per heavy atom. The molecule has 84 valence electrons. The lowest BCUT2D eigenvalue weighted by molar-refractivity contribution is -0.139. The first kappa shape index (κ1) is 12.1. The standard InChI is InChI=1S/C10H9ClN2O3/c1-2-3-7(10(15)16)13-9(14)8-4-6(11)5-12-8/h1,4-5,7,12H,3H2,(H,13,14)(H,15,16). The molecule has 1 amide bonds. The van der Waals surface area contributed by atoms with E-state index in [9.17, 15) is 9.59 Å². The van der Waals surface area contributed by atoms with Gasteiger partial charge in [-0.25, -0.2) is 4.79 Å². The lowest BCUT2D eigenvalue weighted by Crippen LogP contribution is -2.40. The Balaban J connectivity index is 2.69. The first-order chi connectivity index (χ1) is 7.54. The van der Waals surface area contributed by atoms with Crippen LogP contribution >= 0.6 is 11.6 Å². The van der Waals surface area contributed by atoms with Crippen LogP contribution in [0.25, 0.3) is 0 Å². The Bertz CT molecular complexity index is 447. The van der Waals surface area contributed by atoms with E-state index < -0.39 is 17.9 Å². The Labute approximate surface area is 96.8 Å². The maximum absolute atomic E-state index is 11.5. The summed E-state index contributed by atoms with van der Waals surface area (Å²) >= 11 is 5.60. The number of aromatic nitrogens is 1. The number of hydrogen-bond donors (Lipinski definition) is 3. The smallest absolute Gasteiger partial charge is 0.327 e. The molecule has 0 spiro atoms. The number of nitrogens with one attached hydrogen (secondary N) is 2. The molecule has 1 atom stereocenters. The van der Waals surface area contributed by atoms with E-state index >= 15 is 0 Å². The zero-order chi connectivity index (χ0) is 12.1. The van der Waals surface area contributed by atoms with Crippen molar-refractivity contribution in [3.8, 4) is 12.3 Å². The SMILES string of the molecule is C#CCC(NC(=O)c1cc(Cl)c[nH]1)C(=O)O. The molecule has 0 aromatic carbocycles. The van der Waals surface area contributed by atoms with Crippen molar-refractivity contribution in [1.82, 2.24) is 10.3 Å². The van der Waals surface area contributed by atoms with E-state index in [-0.39, 0.29) is 12.1 Å². The molecule has 1 aromatic rings. The number of carboxylic acid groups (broad SMARTS) is 1. The third kappa shape index (κ3) is 3.04. The predicted molar refractivity (Wildman–Crippen MR) is 58.1 cm³/mol. The fourth-order valence-corrected chi connectivity index (χ4v) is 1.22. The largest absolute Gasteiger partial charge is 0.480 e. The molecule has 0 bridgehead atoms. The number of terminal acetylenes is 1. The lowest BCUT2D eigenvalue weighted by atomic mass is 10.2. The molecular formula is C10H9ClN2O3. The fraction of sp³-hybridized carbons (Fsp3) is 0.200. The van der Waals surface area contributed by atoms with E-state index in [4.69, 9.17) is 23.1 Å². The van der Waals surface area contributed by atoms with Crippen LogP contribution in [0.3, 0.4) is 0 Å². The van der Waals surface area contributed by atoms with Gasteiger partial charge in [0.05, 0.1) is 5.02 Å². The highest BCUT2D eigenvalue weighted by Crippen LogP contribution is 2.09. The number of amides is 1. The number of rotatable bonds is 4. The third-order valence-electron chi connectivity index (χ3n) is 1.82. The minimum atomic E-state index is -1.18. The van der Waals surface area contributed by atoms with Gasteiger partial charge in [0.25, 0.3) is 5.91 Å². The Hall–Kier alpha value is -1.93. The summed E-state index contributed by atoms with van der Waals surface area (Å²) in [5.41, 5.74) is 0.188. The van der Waals surface area contributed by atoms with E-state index in [0.717, 1.165) is 0 Å². The van der Waals surface area contributed by atoms with Crippen molar-refractivity contribution in [3.63, 3.8) is 0 Å². The topological polar surface area (TPSA) is 82.2 Å². The number of aromatic amines is 1. The second-order valence-electron chi connectivity index (χ2n) is 3.00. The van der Waals surface area contributed by atoms with Crippen LogP contribution in [0.1, 0.15) is 16.9 Å². The van der Waals surface area contributed by atoms with Crippen molar-refractivity contribution < 1.29 is 14.7 Å². The highest BCUT2D eigenvalue weighted by molar-refractivity contribution is 6.30. The van der Waals surface area contributed by atoms with Crippen LogP contribution in [0.5, 0.6) is 0 Å². The summed E-state index contributed by atoms with van der Waals surface area (Å²) in [7, 11) is 0. The van der Waals surface area contributed by atoms with E-state index in [1.54, 1.807) is 0 Å². The number of carbonyl (C=O) groups is 2. The molecule has 1 heterocycles. The molecule has 0 aliphatic heterocycles. The van der Waals surface area contributed by atoms with E-state index in [1.165, 1.54) is 12.3 Å². The summed E-state index contributed by atoms with van der Waals surface area (Å²) in [5, 5.41) is 11.4. The van der Waals surface area contributed by atoms with Crippen molar-refractivity contribution in [2.45, 2.75) is 12.5 Å². The monoisotopic (exact) mass is 240 g/mol.